The highest BCUT2D eigenvalue weighted by atomic mass is 32.2. The van der Waals surface area contributed by atoms with Gasteiger partial charge in [0.2, 0.25) is 5.76 Å². The van der Waals surface area contributed by atoms with Gasteiger partial charge in [-0.05, 0) is 71.0 Å². The molecule has 4 aromatic carbocycles. The van der Waals surface area contributed by atoms with Gasteiger partial charge < -0.3 is 9.52 Å². The second-order valence-corrected chi connectivity index (χ2v) is 12.0. The first-order valence-electron chi connectivity index (χ1n) is 13.6. The average molecular weight is 626 g/mol. The average Bonchev–Trinajstić information content (AvgIpc) is 3.47. The highest BCUT2D eigenvalue weighted by Gasteiger charge is 2.35. The van der Waals surface area contributed by atoms with Crippen LogP contribution in [0.4, 0.5) is 22.0 Å². The molecule has 0 fully saturated rings. The van der Waals surface area contributed by atoms with Gasteiger partial charge in [-0.25, -0.2) is 13.1 Å². The molecule has 10 heteroatoms. The van der Waals surface area contributed by atoms with E-state index in [0.717, 1.165) is 40.1 Å². The molecular weight excluding hydrogens is 597 g/mol. The van der Waals surface area contributed by atoms with E-state index in [1.54, 1.807) is 54.6 Å². The van der Waals surface area contributed by atoms with Gasteiger partial charge >= 0.3 is 12.1 Å². The Balaban J connectivity index is 1.47. The number of carboxylic acid groups (broad SMARTS) is 1. The van der Waals surface area contributed by atoms with Gasteiger partial charge in [0, 0.05) is 17.0 Å². The van der Waals surface area contributed by atoms with E-state index in [9.17, 15) is 31.9 Å². The van der Waals surface area contributed by atoms with Crippen LogP contribution in [-0.4, -0.2) is 15.4 Å². The van der Waals surface area contributed by atoms with Crippen LogP contribution in [0.5, 0.6) is 0 Å². The molecule has 0 amide bonds. The molecule has 0 bridgehead atoms. The van der Waals surface area contributed by atoms with Crippen molar-refractivity contribution in [2.24, 2.45) is 0 Å². The molecule has 0 atom stereocenters. The van der Waals surface area contributed by atoms with Crippen LogP contribution in [0.2, 0.25) is 0 Å². The van der Waals surface area contributed by atoms with Gasteiger partial charge in [-0.1, -0.05) is 84.9 Å². The van der Waals surface area contributed by atoms with Crippen molar-refractivity contribution in [3.8, 4) is 11.1 Å². The molecule has 0 saturated heterocycles. The van der Waals surface area contributed by atoms with Crippen molar-refractivity contribution in [2.45, 2.75) is 49.8 Å². The summed E-state index contributed by atoms with van der Waals surface area (Å²) in [4.78, 5) is 12.1. The zero-order chi connectivity index (χ0) is 31.6. The number of hydrogen-bond acceptors (Lipinski definition) is 4. The lowest BCUT2D eigenvalue weighted by atomic mass is 9.83. The molecule has 1 aromatic heterocycles. The largest absolute Gasteiger partial charge is 0.481 e. The van der Waals surface area contributed by atoms with Crippen molar-refractivity contribution in [3.63, 3.8) is 0 Å². The number of alkyl halides is 5. The first kappa shape index (κ1) is 31.3. The molecule has 44 heavy (non-hydrogen) atoms. The maximum absolute atomic E-state index is 14.1. The third kappa shape index (κ3) is 6.81. The Hall–Kier alpha value is -4.15. The van der Waals surface area contributed by atoms with Gasteiger partial charge in [0.15, 0.2) is 0 Å². The van der Waals surface area contributed by atoms with Gasteiger partial charge in [0.1, 0.15) is 5.76 Å². The van der Waals surface area contributed by atoms with Gasteiger partial charge in [0.05, 0.1) is 12.0 Å². The Morgan fingerprint density at radius 1 is 0.864 bits per heavy atom. The van der Waals surface area contributed by atoms with Crippen molar-refractivity contribution >= 4 is 28.7 Å². The van der Waals surface area contributed by atoms with Crippen molar-refractivity contribution in [1.82, 2.24) is 4.31 Å². The third-order valence-corrected chi connectivity index (χ3v) is 8.56. The number of fused-ring (bicyclic) bond motifs is 1. The summed E-state index contributed by atoms with van der Waals surface area (Å²) in [6.45, 7) is 3.39. The minimum absolute atomic E-state index is 0.0399. The molecular formula is C34H28F5NO3S. The minimum atomic E-state index is -4.65. The Morgan fingerprint density at radius 2 is 1.59 bits per heavy atom. The molecule has 4 nitrogen and oxygen atoms in total. The molecule has 1 heterocycles. The summed E-state index contributed by atoms with van der Waals surface area (Å²) < 4.78 is 74.7. The summed E-state index contributed by atoms with van der Waals surface area (Å²) in [5.41, 5.74) is 1.84. The topological polar surface area (TPSA) is 53.7 Å². The van der Waals surface area contributed by atoms with E-state index >= 15 is 0 Å². The van der Waals surface area contributed by atoms with Crippen LogP contribution in [0.3, 0.4) is 0 Å². The molecule has 0 radical (unpaired) electrons. The SMILES string of the molecule is CC(C)(C(=O)O)c1cccc(-c2ccc(CN(Cc3ccc(C(F)(F)F)o3)Sc3c(C(F)F)ccc4ccccc34)cc2)c1. The van der Waals surface area contributed by atoms with Crippen molar-refractivity contribution in [2.75, 3.05) is 0 Å². The lowest BCUT2D eigenvalue weighted by Crippen LogP contribution is -2.28. The first-order chi connectivity index (χ1) is 20.8. The lowest BCUT2D eigenvalue weighted by molar-refractivity contribution is -0.153. The predicted octanol–water partition coefficient (Wildman–Crippen LogP) is 10.1. The highest BCUT2D eigenvalue weighted by Crippen LogP contribution is 2.40. The van der Waals surface area contributed by atoms with Crippen LogP contribution in [0.1, 0.15) is 48.5 Å². The maximum Gasteiger partial charge on any atom is 0.449 e. The molecule has 5 rings (SSSR count). The summed E-state index contributed by atoms with van der Waals surface area (Å²) in [7, 11) is 0. The monoisotopic (exact) mass is 625 g/mol. The zero-order valence-electron chi connectivity index (χ0n) is 23.7. The van der Waals surface area contributed by atoms with E-state index in [1.807, 2.05) is 42.5 Å². The maximum atomic E-state index is 14.1. The van der Waals surface area contributed by atoms with E-state index in [0.29, 0.717) is 15.8 Å². The molecule has 228 valence electrons. The number of hydrogen-bond donors (Lipinski definition) is 1. The number of nitrogens with zero attached hydrogens (tertiary/aromatic N) is 1. The number of furan rings is 1. The summed E-state index contributed by atoms with van der Waals surface area (Å²) in [5.74, 6) is -2.03. The van der Waals surface area contributed by atoms with Crippen molar-refractivity contribution in [3.05, 3.63) is 125 Å². The lowest BCUT2D eigenvalue weighted by Gasteiger charge is -2.23. The molecule has 5 aromatic rings. The summed E-state index contributed by atoms with van der Waals surface area (Å²) in [6.07, 6.45) is -7.41. The number of halogens is 5. The standard InChI is InChI=1S/C34H28F5NO3S/c1-33(2,32(41)42)25-8-5-7-24(18-25)22-12-10-21(11-13-22)19-40(20-26-15-17-29(43-26)34(37,38)39)44-30-27-9-4-3-6-23(27)14-16-28(30)31(35)36/h3-18,31H,19-20H2,1-2H3,(H,41,42). The minimum Gasteiger partial charge on any atom is -0.481 e. The first-order valence-corrected chi connectivity index (χ1v) is 14.4. The fourth-order valence-electron chi connectivity index (χ4n) is 4.79. The zero-order valence-corrected chi connectivity index (χ0v) is 24.6. The number of rotatable bonds is 10. The van der Waals surface area contributed by atoms with E-state index in [2.05, 4.69) is 0 Å². The van der Waals surface area contributed by atoms with Gasteiger partial charge in [-0.15, -0.1) is 0 Å². The molecule has 0 aliphatic carbocycles. The number of aliphatic carboxylic acids is 1. The number of benzene rings is 4. The molecule has 0 spiro atoms. The second-order valence-electron chi connectivity index (χ2n) is 10.9. The Morgan fingerprint density at radius 3 is 2.25 bits per heavy atom. The molecule has 0 aliphatic rings. The molecule has 0 unspecified atom stereocenters. The Bertz CT molecular complexity index is 1780. The van der Waals surface area contributed by atoms with Crippen molar-refractivity contribution < 1.29 is 36.3 Å². The van der Waals surface area contributed by atoms with E-state index in [4.69, 9.17) is 4.42 Å². The summed E-state index contributed by atoms with van der Waals surface area (Å²) in [5, 5.41) is 11.0. The molecule has 0 saturated carbocycles. The normalized spacial score (nSPS) is 12.4. The van der Waals surface area contributed by atoms with Crippen LogP contribution < -0.4 is 0 Å². The summed E-state index contributed by atoms with van der Waals surface area (Å²) >= 11 is 1.04. The van der Waals surface area contributed by atoms with Gasteiger partial charge in [0.25, 0.3) is 6.43 Å². The highest BCUT2D eigenvalue weighted by molar-refractivity contribution is 7.97. The fraction of sp³-hybridized carbons (Fsp3) is 0.206. The molecule has 0 aliphatic heterocycles. The van der Waals surface area contributed by atoms with E-state index in [1.165, 1.54) is 12.1 Å². The van der Waals surface area contributed by atoms with E-state index < -0.39 is 29.7 Å². The summed E-state index contributed by atoms with van der Waals surface area (Å²) in [6, 6.07) is 26.9. The third-order valence-electron chi connectivity index (χ3n) is 7.40. The van der Waals surface area contributed by atoms with Crippen LogP contribution in [0.25, 0.3) is 21.9 Å². The predicted molar refractivity (Wildman–Crippen MR) is 160 cm³/mol. The number of carboxylic acids is 1. The number of carbonyl (C=O) groups is 1. The van der Waals surface area contributed by atoms with Crippen LogP contribution in [0, 0.1) is 0 Å². The fourth-order valence-corrected chi connectivity index (χ4v) is 6.00. The smallest absolute Gasteiger partial charge is 0.449 e. The second kappa shape index (κ2) is 12.5. The van der Waals surface area contributed by atoms with Crippen LogP contribution in [-0.2, 0) is 29.5 Å². The van der Waals surface area contributed by atoms with Gasteiger partial charge in [-0.3, -0.25) is 4.79 Å². The molecule has 1 N–H and O–H groups in total. The van der Waals surface area contributed by atoms with Gasteiger partial charge in [-0.2, -0.15) is 13.2 Å². The van der Waals surface area contributed by atoms with Crippen LogP contribution in [0.15, 0.2) is 106 Å². The Kier molecular flexibility index (Phi) is 8.85. The quantitative estimate of drug-likeness (QED) is 0.124. The van der Waals surface area contributed by atoms with Crippen molar-refractivity contribution in [1.29, 1.82) is 0 Å². The van der Waals surface area contributed by atoms with E-state index in [-0.39, 0.29) is 24.4 Å². The Labute approximate surface area is 255 Å². The van der Waals surface area contributed by atoms with Crippen LogP contribution >= 0.6 is 11.9 Å².